The third-order valence-corrected chi connectivity index (χ3v) is 3.76. The fraction of sp³-hybridized carbons (Fsp3) is 0.400. The fourth-order valence-corrected chi connectivity index (χ4v) is 2.53. The molecule has 0 amide bonds. The largest absolute Gasteiger partial charge is 0.296 e. The Balaban J connectivity index is 2.31. The second kappa shape index (κ2) is 6.93. The normalized spacial score (nSPS) is 10.9. The second-order valence-corrected chi connectivity index (χ2v) is 5.07. The average molecular weight is 302 g/mol. The minimum atomic E-state index is -0.431. The number of hydrogen-bond donors (Lipinski definition) is 0. The summed E-state index contributed by atoms with van der Waals surface area (Å²) < 4.78 is 1.71. The van der Waals surface area contributed by atoms with Gasteiger partial charge in [0.05, 0.1) is 17.2 Å². The molecule has 0 atom stereocenters. The number of rotatable bonds is 7. The molecule has 2 aromatic rings. The molecule has 0 aliphatic carbocycles. The average Bonchev–Trinajstić information content (AvgIpc) is 2.92. The van der Waals surface area contributed by atoms with Crippen molar-refractivity contribution in [1.82, 2.24) is 15.0 Å². The van der Waals surface area contributed by atoms with Crippen LogP contribution in [-0.2, 0) is 6.54 Å². The summed E-state index contributed by atoms with van der Waals surface area (Å²) in [5, 5.41) is 18.7. The van der Waals surface area contributed by atoms with Crippen LogP contribution in [0.5, 0.6) is 0 Å². The molecule has 0 saturated heterocycles. The number of carbonyl (C=O) groups is 1. The van der Waals surface area contributed by atoms with E-state index in [4.69, 9.17) is 0 Å². The number of carbonyl (C=O) groups excluding carboxylic acids is 1. The van der Waals surface area contributed by atoms with Gasteiger partial charge in [-0.05, 0) is 18.4 Å². The standard InChI is InChI=1S/C15H18N4O3/c1-3-12(4-2)15-14(10-20)16-17-18(15)9-11-5-7-13(8-6-11)19(21)22/h5-8,10,12H,3-4,9H2,1-2H3. The highest BCUT2D eigenvalue weighted by molar-refractivity contribution is 5.73. The SMILES string of the molecule is CCC(CC)c1c(C=O)nnn1Cc1ccc([N+](=O)[O-])cc1. The molecule has 0 spiro atoms. The Hall–Kier alpha value is -2.57. The van der Waals surface area contributed by atoms with E-state index in [-0.39, 0.29) is 11.6 Å². The van der Waals surface area contributed by atoms with Gasteiger partial charge in [-0.25, -0.2) is 4.68 Å². The molecule has 2 rings (SSSR count). The van der Waals surface area contributed by atoms with Gasteiger partial charge in [-0.1, -0.05) is 31.2 Å². The van der Waals surface area contributed by atoms with Crippen molar-refractivity contribution in [3.8, 4) is 0 Å². The van der Waals surface area contributed by atoms with Crippen molar-refractivity contribution in [1.29, 1.82) is 0 Å². The van der Waals surface area contributed by atoms with E-state index in [1.54, 1.807) is 16.8 Å². The summed E-state index contributed by atoms with van der Waals surface area (Å²) in [6.07, 6.45) is 2.52. The van der Waals surface area contributed by atoms with E-state index in [0.29, 0.717) is 12.2 Å². The van der Waals surface area contributed by atoms with Crippen LogP contribution in [0.3, 0.4) is 0 Å². The Morgan fingerprint density at radius 1 is 1.27 bits per heavy atom. The van der Waals surface area contributed by atoms with Gasteiger partial charge in [0.2, 0.25) is 0 Å². The van der Waals surface area contributed by atoms with Gasteiger partial charge in [-0.3, -0.25) is 14.9 Å². The van der Waals surface area contributed by atoms with Crippen LogP contribution < -0.4 is 0 Å². The maximum absolute atomic E-state index is 11.2. The Morgan fingerprint density at radius 2 is 1.91 bits per heavy atom. The zero-order valence-electron chi connectivity index (χ0n) is 12.6. The molecule has 1 aromatic carbocycles. The first-order valence-corrected chi connectivity index (χ1v) is 7.22. The molecule has 116 valence electrons. The number of aromatic nitrogens is 3. The lowest BCUT2D eigenvalue weighted by atomic mass is 9.97. The Labute approximate surface area is 128 Å². The van der Waals surface area contributed by atoms with E-state index in [9.17, 15) is 14.9 Å². The van der Waals surface area contributed by atoms with E-state index in [1.807, 2.05) is 0 Å². The highest BCUT2D eigenvalue weighted by Crippen LogP contribution is 2.25. The predicted molar refractivity (Wildman–Crippen MR) is 80.9 cm³/mol. The van der Waals surface area contributed by atoms with E-state index in [2.05, 4.69) is 24.2 Å². The molecule has 7 heteroatoms. The van der Waals surface area contributed by atoms with Crippen molar-refractivity contribution in [2.75, 3.05) is 0 Å². The van der Waals surface area contributed by atoms with Gasteiger partial charge >= 0.3 is 0 Å². The quantitative estimate of drug-likeness (QED) is 0.445. The Bertz CT molecular complexity index is 660. The zero-order valence-corrected chi connectivity index (χ0v) is 12.6. The molecule has 0 radical (unpaired) electrons. The molecule has 0 aliphatic rings. The smallest absolute Gasteiger partial charge is 0.269 e. The first-order valence-electron chi connectivity index (χ1n) is 7.22. The van der Waals surface area contributed by atoms with E-state index in [0.717, 1.165) is 30.4 Å². The Kier molecular flexibility index (Phi) is 4.98. The first-order chi connectivity index (χ1) is 10.6. The third-order valence-electron chi connectivity index (χ3n) is 3.76. The van der Waals surface area contributed by atoms with Crippen molar-refractivity contribution >= 4 is 12.0 Å². The van der Waals surface area contributed by atoms with Gasteiger partial charge in [-0.2, -0.15) is 0 Å². The summed E-state index contributed by atoms with van der Waals surface area (Å²) >= 11 is 0. The van der Waals surface area contributed by atoms with Crippen LogP contribution in [0.15, 0.2) is 24.3 Å². The monoisotopic (exact) mass is 302 g/mol. The number of non-ortho nitro benzene ring substituents is 1. The van der Waals surface area contributed by atoms with Crippen molar-refractivity contribution < 1.29 is 9.72 Å². The van der Waals surface area contributed by atoms with Crippen LogP contribution >= 0.6 is 0 Å². The van der Waals surface area contributed by atoms with Gasteiger partial charge < -0.3 is 0 Å². The van der Waals surface area contributed by atoms with Crippen molar-refractivity contribution in [3.05, 3.63) is 51.3 Å². The van der Waals surface area contributed by atoms with Gasteiger partial charge in [0.1, 0.15) is 5.69 Å². The lowest BCUT2D eigenvalue weighted by Crippen LogP contribution is -2.11. The third kappa shape index (κ3) is 3.19. The minimum Gasteiger partial charge on any atom is -0.296 e. The maximum atomic E-state index is 11.2. The zero-order chi connectivity index (χ0) is 16.1. The molecule has 0 fully saturated rings. The van der Waals surface area contributed by atoms with Crippen molar-refractivity contribution in [2.24, 2.45) is 0 Å². The van der Waals surface area contributed by atoms with Crippen molar-refractivity contribution in [3.63, 3.8) is 0 Å². The van der Waals surface area contributed by atoms with E-state index >= 15 is 0 Å². The molecule has 0 bridgehead atoms. The summed E-state index contributed by atoms with van der Waals surface area (Å²) in [6, 6.07) is 6.31. The maximum Gasteiger partial charge on any atom is 0.269 e. The summed E-state index contributed by atoms with van der Waals surface area (Å²) in [7, 11) is 0. The lowest BCUT2D eigenvalue weighted by molar-refractivity contribution is -0.384. The summed E-state index contributed by atoms with van der Waals surface area (Å²) in [6.45, 7) is 4.56. The minimum absolute atomic E-state index is 0.0520. The van der Waals surface area contributed by atoms with Gasteiger partial charge in [0.15, 0.2) is 6.29 Å². The van der Waals surface area contributed by atoms with Crippen LogP contribution in [0.2, 0.25) is 0 Å². The highest BCUT2D eigenvalue weighted by Gasteiger charge is 2.20. The Morgan fingerprint density at radius 3 is 2.41 bits per heavy atom. The number of benzene rings is 1. The van der Waals surface area contributed by atoms with Crippen LogP contribution in [-0.4, -0.2) is 26.2 Å². The molecule has 0 N–H and O–H groups in total. The highest BCUT2D eigenvalue weighted by atomic mass is 16.6. The predicted octanol–water partition coefficient (Wildman–Crippen LogP) is 2.95. The van der Waals surface area contributed by atoms with Gasteiger partial charge in [-0.15, -0.1) is 5.10 Å². The second-order valence-electron chi connectivity index (χ2n) is 5.07. The number of nitrogens with zero attached hydrogens (tertiary/aromatic N) is 4. The molecule has 1 heterocycles. The van der Waals surface area contributed by atoms with Gasteiger partial charge in [0.25, 0.3) is 5.69 Å². The molecule has 0 saturated carbocycles. The fourth-order valence-electron chi connectivity index (χ4n) is 2.53. The van der Waals surface area contributed by atoms with E-state index < -0.39 is 4.92 Å². The number of nitro groups is 1. The number of aldehydes is 1. The molecule has 7 nitrogen and oxygen atoms in total. The number of hydrogen-bond acceptors (Lipinski definition) is 5. The van der Waals surface area contributed by atoms with E-state index in [1.165, 1.54) is 12.1 Å². The van der Waals surface area contributed by atoms with Crippen LogP contribution in [0.1, 0.15) is 54.4 Å². The summed E-state index contributed by atoms with van der Waals surface area (Å²) in [5.74, 6) is 0.216. The van der Waals surface area contributed by atoms with Crippen LogP contribution in [0.25, 0.3) is 0 Å². The van der Waals surface area contributed by atoms with Crippen LogP contribution in [0.4, 0.5) is 5.69 Å². The molecule has 0 aliphatic heterocycles. The molecule has 22 heavy (non-hydrogen) atoms. The first kappa shape index (κ1) is 15.8. The topological polar surface area (TPSA) is 90.9 Å². The van der Waals surface area contributed by atoms with Gasteiger partial charge in [0, 0.05) is 18.1 Å². The summed E-state index contributed by atoms with van der Waals surface area (Å²) in [5.41, 5.74) is 2.13. The molecular formula is C15H18N4O3. The molecular weight excluding hydrogens is 284 g/mol. The molecule has 1 aromatic heterocycles. The van der Waals surface area contributed by atoms with Crippen molar-refractivity contribution in [2.45, 2.75) is 39.2 Å². The number of nitro benzene ring substituents is 1. The summed E-state index contributed by atoms with van der Waals surface area (Å²) in [4.78, 5) is 21.4. The van der Waals surface area contributed by atoms with Crippen LogP contribution in [0, 0.1) is 10.1 Å². The lowest BCUT2D eigenvalue weighted by Gasteiger charge is -2.15. The molecule has 0 unspecified atom stereocenters.